The smallest absolute Gasteiger partial charge is 0.240 e. The predicted octanol–water partition coefficient (Wildman–Crippen LogP) is 17.4. The van der Waals surface area contributed by atoms with Gasteiger partial charge in [0.2, 0.25) is 23.6 Å². The van der Waals surface area contributed by atoms with Crippen LogP contribution in [0, 0.1) is 46.5 Å². The Hall–Kier alpha value is -11.5. The molecule has 0 fully saturated rings. The van der Waals surface area contributed by atoms with Crippen molar-refractivity contribution in [3.63, 3.8) is 0 Å². The Bertz CT molecular complexity index is 4750. The van der Waals surface area contributed by atoms with E-state index in [9.17, 15) is 71.9 Å². The third-order valence-corrected chi connectivity index (χ3v) is 21.7. The van der Waals surface area contributed by atoms with Gasteiger partial charge >= 0.3 is 0 Å². The third-order valence-electron chi connectivity index (χ3n) is 21.7. The summed E-state index contributed by atoms with van der Waals surface area (Å²) < 4.78 is 166. The molecule has 4 aliphatic heterocycles. The number of rotatable bonds is 27. The van der Waals surface area contributed by atoms with Crippen molar-refractivity contribution in [1.82, 2.24) is 25.4 Å². The largest absolute Gasteiger partial charge is 0.325 e. The Kier molecular flexibility index (Phi) is 30.8. The van der Waals surface area contributed by atoms with E-state index in [0.29, 0.717) is 57.9 Å². The van der Waals surface area contributed by atoms with Crippen LogP contribution in [0.1, 0.15) is 155 Å². The number of nitrogens with one attached hydrogen (secondary N) is 1. The number of hydrogen-bond acceptors (Lipinski definition) is 12. The molecule has 4 amide bonds. The summed E-state index contributed by atoms with van der Waals surface area (Å²) in [4.78, 5) is 50.0. The normalized spacial score (nSPS) is 19.7. The number of benzene rings is 9. The lowest BCUT2D eigenvalue weighted by molar-refractivity contribution is -0.135. The summed E-state index contributed by atoms with van der Waals surface area (Å²) in [5, 5.41) is 26.0. The van der Waals surface area contributed by atoms with Crippen LogP contribution in [0.5, 0.6) is 0 Å². The minimum atomic E-state index is -0.941. The zero-order valence-corrected chi connectivity index (χ0v) is 66.2. The van der Waals surface area contributed by atoms with Gasteiger partial charge in [0.15, 0.2) is 0 Å². The number of nitrogens with zero attached hydrogens (tertiary/aromatic N) is 8. The summed E-state index contributed by atoms with van der Waals surface area (Å²) in [6.07, 6.45) is 3.46. The first kappa shape index (κ1) is 89.9. The van der Waals surface area contributed by atoms with E-state index in [1.807, 2.05) is 152 Å². The average molecular weight is 1650 g/mol. The number of nitrogens with two attached hydrogens (primary N) is 3. The van der Waals surface area contributed by atoms with Gasteiger partial charge in [0.05, 0.1) is 45.0 Å². The summed E-state index contributed by atoms with van der Waals surface area (Å²) in [6.45, 7) is 3.37. The molecule has 8 atom stereocenters. The number of carbonyl (C=O) groups excluding carboxylic acids is 4. The fourth-order valence-corrected chi connectivity index (χ4v) is 15.6. The SMILES string of the molecule is CC(=O)N1N=C(c2cc(F)ccc2F)C[C@@]1(CCC(CF)NCc1ccccc1)c1ccccc1.CC(=O)N1N=C(c2cc(F)ccc2F)C[C@@]1(CCC(N)CF)c1ccccc1.CC(=O)N1N=C(c2cc(F)ccc2F)C[C@@]1(CC[C@@H](N)CF)c1ccccc1.CC(=O)N1N=C(c2cc(F)ccc2F)C[C@@]1(CC[C@H](N)CF)c1ccccc1. The second-order valence-electron chi connectivity index (χ2n) is 29.9. The second kappa shape index (κ2) is 40.8. The highest BCUT2D eigenvalue weighted by atomic mass is 19.2. The lowest BCUT2D eigenvalue weighted by atomic mass is 9.79. The van der Waals surface area contributed by atoms with E-state index < -0.39 is 120 Å². The number of carbonyl (C=O) groups is 4. The minimum Gasteiger partial charge on any atom is -0.325 e. The number of amides is 4. The molecule has 7 N–H and O–H groups in total. The molecule has 13 rings (SSSR count). The van der Waals surface area contributed by atoms with Crippen LogP contribution in [0.15, 0.2) is 245 Å². The molecule has 9 aromatic rings. The lowest BCUT2D eigenvalue weighted by Gasteiger charge is -2.37. The van der Waals surface area contributed by atoms with Crippen molar-refractivity contribution in [2.24, 2.45) is 37.6 Å². The molecule has 2 unspecified atom stereocenters. The first-order valence-corrected chi connectivity index (χ1v) is 38.9. The van der Waals surface area contributed by atoms with Gasteiger partial charge in [-0.2, -0.15) is 20.4 Å². The van der Waals surface area contributed by atoms with Crippen molar-refractivity contribution in [3.8, 4) is 0 Å². The molecule has 0 spiro atoms. The van der Waals surface area contributed by atoms with Gasteiger partial charge in [-0.15, -0.1) is 0 Å². The van der Waals surface area contributed by atoms with Crippen LogP contribution in [0.4, 0.5) is 52.7 Å². The molecule has 0 radical (unpaired) electrons. The Balaban J connectivity index is 0.000000168. The summed E-state index contributed by atoms with van der Waals surface area (Å²) in [5.41, 5.74) is 18.9. The van der Waals surface area contributed by atoms with Crippen molar-refractivity contribution >= 4 is 46.5 Å². The summed E-state index contributed by atoms with van der Waals surface area (Å²) in [6, 6.07) is 56.7. The molecular formula is C91H94F12N12O4. The van der Waals surface area contributed by atoms with Gasteiger partial charge in [0.25, 0.3) is 0 Å². The quantitative estimate of drug-likeness (QED) is 0.0362. The van der Waals surface area contributed by atoms with Crippen molar-refractivity contribution in [1.29, 1.82) is 0 Å². The molecule has 0 saturated carbocycles. The standard InChI is InChI=1S/C28H28F3N3O.3C21H22F3N3O/c1-20(35)34-28(22-10-6-3-7-11-22,17-27(33-34)25-16-23(30)12-13-26(25)31)15-14-24(18-29)32-19-21-8-4-2-5-9-21;3*1-14(28)27-21(10-9-17(25)13-22,15-5-3-2-4-6-15)12-20(26-27)18-11-16(23)7-8-19(18)24/h2-13,16,24,32H,14-15,17-19H2,1H3;3*2-8,11,17H,9-10,12-13,25H2,1H3/t24?,28-;17?,21-;17-,21+;17-,21-/m0010/s1. The van der Waals surface area contributed by atoms with Crippen LogP contribution in [-0.2, 0) is 47.9 Å². The first-order valence-electron chi connectivity index (χ1n) is 38.9. The molecule has 119 heavy (non-hydrogen) atoms. The molecule has 0 aliphatic carbocycles. The van der Waals surface area contributed by atoms with Gasteiger partial charge in [0, 0.05) is 106 Å². The number of alkyl halides is 4. The van der Waals surface area contributed by atoms with Gasteiger partial charge < -0.3 is 22.5 Å². The summed E-state index contributed by atoms with van der Waals surface area (Å²) >= 11 is 0. The van der Waals surface area contributed by atoms with E-state index in [0.717, 1.165) is 101 Å². The van der Waals surface area contributed by atoms with Gasteiger partial charge in [0.1, 0.15) is 73.2 Å². The van der Waals surface area contributed by atoms with Crippen LogP contribution in [-0.4, -0.2) is 117 Å². The van der Waals surface area contributed by atoms with E-state index in [1.54, 1.807) is 0 Å². The summed E-state index contributed by atoms with van der Waals surface area (Å²) in [7, 11) is 0. The highest BCUT2D eigenvalue weighted by molar-refractivity contribution is 6.06. The van der Waals surface area contributed by atoms with E-state index in [-0.39, 0.29) is 94.4 Å². The highest BCUT2D eigenvalue weighted by Crippen LogP contribution is 2.48. The maximum atomic E-state index is 14.6. The van der Waals surface area contributed by atoms with Crippen LogP contribution in [0.2, 0.25) is 0 Å². The van der Waals surface area contributed by atoms with Crippen LogP contribution < -0.4 is 22.5 Å². The molecular weight excluding hydrogens is 1550 g/mol. The van der Waals surface area contributed by atoms with E-state index in [1.165, 1.54) is 47.7 Å². The van der Waals surface area contributed by atoms with Crippen molar-refractivity contribution in [3.05, 3.63) is 321 Å². The molecule has 4 aliphatic rings. The molecule has 626 valence electrons. The van der Waals surface area contributed by atoms with E-state index in [2.05, 4.69) is 25.7 Å². The Morgan fingerprint density at radius 3 is 0.782 bits per heavy atom. The van der Waals surface area contributed by atoms with Crippen molar-refractivity contribution in [2.45, 2.75) is 158 Å². The van der Waals surface area contributed by atoms with Crippen LogP contribution in [0.3, 0.4) is 0 Å². The fraction of sp³-hybridized carbons (Fsp3) is 0.319. The van der Waals surface area contributed by atoms with E-state index >= 15 is 0 Å². The van der Waals surface area contributed by atoms with Crippen molar-refractivity contribution in [2.75, 3.05) is 26.7 Å². The average Bonchev–Trinajstić information content (AvgIpc) is 1.62. The lowest BCUT2D eigenvalue weighted by Crippen LogP contribution is -2.44. The fourth-order valence-electron chi connectivity index (χ4n) is 15.6. The molecule has 0 saturated heterocycles. The zero-order chi connectivity index (χ0) is 85.8. The van der Waals surface area contributed by atoms with Crippen molar-refractivity contribution < 1.29 is 71.9 Å². The zero-order valence-electron chi connectivity index (χ0n) is 66.2. The Labute approximate surface area is 683 Å². The third kappa shape index (κ3) is 21.3. The highest BCUT2D eigenvalue weighted by Gasteiger charge is 2.51. The molecule has 9 aromatic carbocycles. The maximum Gasteiger partial charge on any atom is 0.240 e. The topological polar surface area (TPSA) is 221 Å². The van der Waals surface area contributed by atoms with Gasteiger partial charge in [-0.3, -0.25) is 19.2 Å². The molecule has 28 heteroatoms. The summed E-state index contributed by atoms with van der Waals surface area (Å²) in [5.74, 6) is -6.18. The number of hydrazone groups is 4. The number of halogens is 12. The van der Waals surface area contributed by atoms with Gasteiger partial charge in [-0.05, 0) is 152 Å². The predicted molar refractivity (Wildman–Crippen MR) is 434 cm³/mol. The monoisotopic (exact) mass is 1650 g/mol. The molecule has 4 heterocycles. The number of hydrogen-bond donors (Lipinski definition) is 4. The molecule has 16 nitrogen and oxygen atoms in total. The first-order chi connectivity index (χ1) is 57.0. The minimum absolute atomic E-state index is 0.0128. The Morgan fingerprint density at radius 1 is 0.336 bits per heavy atom. The van der Waals surface area contributed by atoms with Gasteiger partial charge in [-0.25, -0.2) is 72.7 Å². The molecule has 0 aromatic heterocycles. The Morgan fingerprint density at radius 2 is 0.563 bits per heavy atom. The second-order valence-corrected chi connectivity index (χ2v) is 29.9. The van der Waals surface area contributed by atoms with Gasteiger partial charge in [-0.1, -0.05) is 152 Å². The molecule has 0 bridgehead atoms. The van der Waals surface area contributed by atoms with Crippen LogP contribution >= 0.6 is 0 Å². The van der Waals surface area contributed by atoms with Crippen LogP contribution in [0.25, 0.3) is 0 Å². The maximum absolute atomic E-state index is 14.6. The van der Waals surface area contributed by atoms with E-state index in [4.69, 9.17) is 17.2 Å².